The standard InChI is InChI=1S/C13H22O4.C7H5ClO2/c1-3-4-8-17-13(16)11-9(2)6-5-7-10(11)12(14)15;8-7(9)10-6-4-2-1-3-5-6/h9-11H,3-8H2,1-2H3,(H,14,15);1-5H. The fourth-order valence-corrected chi connectivity index (χ4v) is 3.17. The number of esters is 1. The number of hydrogen-bond acceptors (Lipinski definition) is 5. The molecule has 1 saturated carbocycles. The van der Waals surface area contributed by atoms with Gasteiger partial charge in [-0.15, -0.1) is 0 Å². The molecule has 6 nitrogen and oxygen atoms in total. The van der Waals surface area contributed by atoms with Crippen molar-refractivity contribution in [1.29, 1.82) is 0 Å². The van der Waals surface area contributed by atoms with E-state index in [9.17, 15) is 14.4 Å². The van der Waals surface area contributed by atoms with E-state index in [-0.39, 0.29) is 11.9 Å². The Morgan fingerprint density at radius 3 is 2.41 bits per heavy atom. The molecule has 0 bridgehead atoms. The molecule has 150 valence electrons. The first kappa shape index (κ1) is 23.0. The first-order chi connectivity index (χ1) is 12.9. The molecular weight excluding hydrogens is 372 g/mol. The molecule has 7 heteroatoms. The van der Waals surface area contributed by atoms with Crippen molar-refractivity contribution in [2.45, 2.75) is 46.0 Å². The Balaban J connectivity index is 0.000000309. The van der Waals surface area contributed by atoms with Gasteiger partial charge >= 0.3 is 17.4 Å². The average Bonchev–Trinajstić information content (AvgIpc) is 2.62. The molecule has 1 aliphatic rings. The molecule has 1 N–H and O–H groups in total. The number of ether oxygens (including phenoxy) is 2. The highest BCUT2D eigenvalue weighted by atomic mass is 35.5. The predicted octanol–water partition coefficient (Wildman–Crippen LogP) is 4.89. The lowest BCUT2D eigenvalue weighted by atomic mass is 9.73. The molecule has 0 heterocycles. The number of para-hydroxylation sites is 1. The number of carbonyl (C=O) groups excluding carboxylic acids is 2. The number of carboxylic acid groups (broad SMARTS) is 1. The highest BCUT2D eigenvalue weighted by molar-refractivity contribution is 6.61. The van der Waals surface area contributed by atoms with Crippen LogP contribution < -0.4 is 4.74 Å². The lowest BCUT2D eigenvalue weighted by Crippen LogP contribution is -2.38. The molecule has 0 spiro atoms. The Bertz CT molecular complexity index is 604. The normalized spacial score (nSPS) is 21.4. The van der Waals surface area contributed by atoms with Gasteiger partial charge in [-0.2, -0.15) is 0 Å². The van der Waals surface area contributed by atoms with Gasteiger partial charge in [0.15, 0.2) is 0 Å². The highest BCUT2D eigenvalue weighted by Gasteiger charge is 2.41. The van der Waals surface area contributed by atoms with E-state index in [4.69, 9.17) is 21.4 Å². The summed E-state index contributed by atoms with van der Waals surface area (Å²) in [5.41, 5.74) is -0.814. The summed E-state index contributed by atoms with van der Waals surface area (Å²) >= 11 is 4.95. The van der Waals surface area contributed by atoms with Gasteiger partial charge in [0.05, 0.1) is 18.4 Å². The molecule has 1 fully saturated rings. The predicted molar refractivity (Wildman–Crippen MR) is 102 cm³/mol. The Kier molecular flexibility index (Phi) is 10.5. The zero-order chi connectivity index (χ0) is 20.2. The number of aliphatic carboxylic acids is 1. The minimum Gasteiger partial charge on any atom is -0.481 e. The van der Waals surface area contributed by atoms with Gasteiger partial charge < -0.3 is 14.6 Å². The molecule has 1 aliphatic carbocycles. The second kappa shape index (κ2) is 12.3. The van der Waals surface area contributed by atoms with E-state index in [0.717, 1.165) is 25.7 Å². The third-order valence-corrected chi connectivity index (χ3v) is 4.57. The zero-order valence-corrected chi connectivity index (χ0v) is 16.5. The second-order valence-electron chi connectivity index (χ2n) is 6.55. The van der Waals surface area contributed by atoms with Crippen LogP contribution in [0.3, 0.4) is 0 Å². The molecule has 3 unspecified atom stereocenters. The molecular formula is C20H27ClO6. The van der Waals surface area contributed by atoms with Crippen molar-refractivity contribution in [3.05, 3.63) is 30.3 Å². The molecule has 0 radical (unpaired) electrons. The van der Waals surface area contributed by atoms with Crippen LogP contribution in [-0.4, -0.2) is 29.1 Å². The van der Waals surface area contributed by atoms with Gasteiger partial charge in [0, 0.05) is 11.6 Å². The van der Waals surface area contributed by atoms with E-state index in [1.807, 2.05) is 19.9 Å². The summed E-state index contributed by atoms with van der Waals surface area (Å²) in [6.45, 7) is 4.38. The van der Waals surface area contributed by atoms with Gasteiger partial charge in [-0.25, -0.2) is 4.79 Å². The summed E-state index contributed by atoms with van der Waals surface area (Å²) in [7, 11) is 0. The third-order valence-electron chi connectivity index (χ3n) is 4.49. The lowest BCUT2D eigenvalue weighted by Gasteiger charge is -2.32. The molecule has 1 aromatic carbocycles. The van der Waals surface area contributed by atoms with Gasteiger partial charge in [0.2, 0.25) is 0 Å². The van der Waals surface area contributed by atoms with E-state index in [1.165, 1.54) is 0 Å². The van der Waals surface area contributed by atoms with Gasteiger partial charge in [0.1, 0.15) is 5.75 Å². The monoisotopic (exact) mass is 398 g/mol. The van der Waals surface area contributed by atoms with Crippen LogP contribution in [-0.2, 0) is 14.3 Å². The summed E-state index contributed by atoms with van der Waals surface area (Å²) in [5, 5.41) is 9.14. The minimum absolute atomic E-state index is 0.110. The molecule has 1 aromatic rings. The van der Waals surface area contributed by atoms with Crippen LogP contribution in [0.15, 0.2) is 30.3 Å². The lowest BCUT2D eigenvalue weighted by molar-refractivity contribution is -0.162. The van der Waals surface area contributed by atoms with Crippen LogP contribution >= 0.6 is 11.6 Å². The topological polar surface area (TPSA) is 89.9 Å². The van der Waals surface area contributed by atoms with Crippen LogP contribution in [0.25, 0.3) is 0 Å². The van der Waals surface area contributed by atoms with Crippen molar-refractivity contribution in [2.75, 3.05) is 6.61 Å². The summed E-state index contributed by atoms with van der Waals surface area (Å²) in [6, 6.07) is 8.65. The Morgan fingerprint density at radius 2 is 1.85 bits per heavy atom. The van der Waals surface area contributed by atoms with E-state index in [0.29, 0.717) is 18.8 Å². The maximum Gasteiger partial charge on any atom is 0.409 e. The SMILES string of the molecule is CCCCOC(=O)C1C(C)CCCC1C(=O)O.O=C(Cl)Oc1ccccc1. The Hall–Kier alpha value is -2.08. The van der Waals surface area contributed by atoms with E-state index in [2.05, 4.69) is 4.74 Å². The molecule has 0 aliphatic heterocycles. The molecule has 2 rings (SSSR count). The summed E-state index contributed by atoms with van der Waals surface area (Å²) < 4.78 is 9.71. The zero-order valence-electron chi connectivity index (χ0n) is 15.7. The van der Waals surface area contributed by atoms with Gasteiger partial charge in [-0.05, 0) is 37.3 Å². The van der Waals surface area contributed by atoms with E-state index >= 15 is 0 Å². The van der Waals surface area contributed by atoms with Gasteiger partial charge in [0.25, 0.3) is 0 Å². The Morgan fingerprint density at radius 1 is 1.19 bits per heavy atom. The number of unbranched alkanes of at least 4 members (excludes halogenated alkanes) is 1. The fraction of sp³-hybridized carbons (Fsp3) is 0.550. The molecule has 0 aromatic heterocycles. The maximum absolute atomic E-state index is 11.9. The molecule has 27 heavy (non-hydrogen) atoms. The van der Waals surface area contributed by atoms with Crippen molar-refractivity contribution < 1.29 is 29.0 Å². The van der Waals surface area contributed by atoms with Crippen LogP contribution in [0.1, 0.15) is 46.0 Å². The summed E-state index contributed by atoms with van der Waals surface area (Å²) in [4.78, 5) is 33.2. The number of carboxylic acids is 1. The van der Waals surface area contributed by atoms with Crippen molar-refractivity contribution in [1.82, 2.24) is 0 Å². The quantitative estimate of drug-likeness (QED) is 0.416. The van der Waals surface area contributed by atoms with E-state index < -0.39 is 23.2 Å². The molecule has 3 atom stereocenters. The summed E-state index contributed by atoms with van der Waals surface area (Å²) in [5.74, 6) is -1.64. The van der Waals surface area contributed by atoms with Crippen LogP contribution in [0.2, 0.25) is 0 Å². The van der Waals surface area contributed by atoms with Crippen LogP contribution in [0.4, 0.5) is 4.79 Å². The second-order valence-corrected chi connectivity index (χ2v) is 6.86. The number of halogens is 1. The number of hydrogen-bond donors (Lipinski definition) is 1. The maximum atomic E-state index is 11.9. The van der Waals surface area contributed by atoms with Crippen molar-refractivity contribution in [3.63, 3.8) is 0 Å². The molecule has 0 amide bonds. The average molecular weight is 399 g/mol. The van der Waals surface area contributed by atoms with Gasteiger partial charge in [-0.1, -0.05) is 44.9 Å². The van der Waals surface area contributed by atoms with Crippen molar-refractivity contribution in [3.8, 4) is 5.75 Å². The first-order valence-electron chi connectivity index (χ1n) is 9.18. The third kappa shape index (κ3) is 8.43. The Labute approximate surface area is 164 Å². The number of carbonyl (C=O) groups is 3. The fourth-order valence-electron chi connectivity index (χ4n) is 3.08. The number of rotatable bonds is 6. The van der Waals surface area contributed by atoms with Crippen molar-refractivity contribution in [2.24, 2.45) is 17.8 Å². The highest BCUT2D eigenvalue weighted by Crippen LogP contribution is 2.35. The molecule has 0 saturated heterocycles. The van der Waals surface area contributed by atoms with Crippen LogP contribution in [0.5, 0.6) is 5.75 Å². The largest absolute Gasteiger partial charge is 0.481 e. The van der Waals surface area contributed by atoms with Crippen molar-refractivity contribution >= 4 is 29.0 Å². The number of benzene rings is 1. The minimum atomic E-state index is -0.867. The van der Waals surface area contributed by atoms with Gasteiger partial charge in [-0.3, -0.25) is 9.59 Å². The smallest absolute Gasteiger partial charge is 0.409 e. The van der Waals surface area contributed by atoms with E-state index in [1.54, 1.807) is 24.3 Å². The first-order valence-corrected chi connectivity index (χ1v) is 9.56. The van der Waals surface area contributed by atoms with Crippen LogP contribution in [0, 0.1) is 17.8 Å². The summed E-state index contributed by atoms with van der Waals surface area (Å²) in [6.07, 6.45) is 4.20.